The van der Waals surface area contributed by atoms with Gasteiger partial charge in [0.2, 0.25) is 0 Å². The summed E-state index contributed by atoms with van der Waals surface area (Å²) < 4.78 is 38.6. The first-order valence-corrected chi connectivity index (χ1v) is 5.82. The van der Waals surface area contributed by atoms with Gasteiger partial charge in [-0.25, -0.2) is 13.2 Å². The van der Waals surface area contributed by atoms with E-state index < -0.39 is 17.5 Å². The van der Waals surface area contributed by atoms with E-state index in [0.717, 1.165) is 31.6 Å². The van der Waals surface area contributed by atoms with Crippen LogP contribution in [0.3, 0.4) is 0 Å². The molecular formula is C12H14F3N3. The molecule has 0 spiro atoms. The number of nitrogens with one attached hydrogen (secondary N) is 2. The van der Waals surface area contributed by atoms with Gasteiger partial charge in [0.1, 0.15) is 0 Å². The topological polar surface area (TPSA) is 36.4 Å². The minimum Gasteiger partial charge on any atom is -0.356 e. The van der Waals surface area contributed by atoms with E-state index in [0.29, 0.717) is 24.5 Å². The van der Waals surface area contributed by atoms with E-state index in [9.17, 15) is 13.2 Å². The van der Waals surface area contributed by atoms with Crippen molar-refractivity contribution in [1.29, 1.82) is 0 Å². The molecule has 0 amide bonds. The van der Waals surface area contributed by atoms with Crippen molar-refractivity contribution in [1.82, 2.24) is 10.6 Å². The highest BCUT2D eigenvalue weighted by molar-refractivity contribution is 5.80. The third-order valence-corrected chi connectivity index (χ3v) is 2.65. The molecule has 0 saturated heterocycles. The molecule has 0 unspecified atom stereocenters. The number of hydrogen-bond donors (Lipinski definition) is 2. The lowest BCUT2D eigenvalue weighted by Gasteiger charge is -2.15. The molecular weight excluding hydrogens is 243 g/mol. The van der Waals surface area contributed by atoms with Crippen LogP contribution in [0.15, 0.2) is 17.1 Å². The fourth-order valence-corrected chi connectivity index (χ4v) is 1.73. The van der Waals surface area contributed by atoms with E-state index in [-0.39, 0.29) is 0 Å². The van der Waals surface area contributed by atoms with Gasteiger partial charge in [-0.3, -0.25) is 4.99 Å². The molecule has 2 N–H and O–H groups in total. The molecule has 0 saturated carbocycles. The Labute approximate surface area is 103 Å². The molecule has 0 aromatic heterocycles. The molecule has 6 heteroatoms. The van der Waals surface area contributed by atoms with Gasteiger partial charge in [-0.2, -0.15) is 0 Å². The number of guanidine groups is 1. The van der Waals surface area contributed by atoms with Crippen molar-refractivity contribution in [3.8, 4) is 0 Å². The average Bonchev–Trinajstić information content (AvgIpc) is 2.37. The van der Waals surface area contributed by atoms with E-state index >= 15 is 0 Å². The second-order valence-corrected chi connectivity index (χ2v) is 4.06. The number of aliphatic imine (C=N–C) groups is 1. The van der Waals surface area contributed by atoms with Gasteiger partial charge in [0.05, 0.1) is 0 Å². The first kappa shape index (κ1) is 12.7. The van der Waals surface area contributed by atoms with E-state index in [1.165, 1.54) is 0 Å². The molecule has 3 nitrogen and oxygen atoms in total. The summed E-state index contributed by atoms with van der Waals surface area (Å²) in [5.41, 5.74) is 0.412. The first-order chi connectivity index (χ1) is 8.66. The maximum atomic E-state index is 13.0. The van der Waals surface area contributed by atoms with Crippen molar-refractivity contribution in [2.75, 3.05) is 19.6 Å². The van der Waals surface area contributed by atoms with Crippen LogP contribution in [0.25, 0.3) is 0 Å². The van der Waals surface area contributed by atoms with Gasteiger partial charge in [-0.15, -0.1) is 0 Å². The quantitative estimate of drug-likeness (QED) is 0.807. The number of nitrogens with zero attached hydrogens (tertiary/aromatic N) is 1. The van der Waals surface area contributed by atoms with Crippen molar-refractivity contribution in [2.24, 2.45) is 4.99 Å². The molecule has 1 aromatic rings. The van der Waals surface area contributed by atoms with Crippen LogP contribution in [0.5, 0.6) is 0 Å². The minimum absolute atomic E-state index is 0.398. The van der Waals surface area contributed by atoms with E-state index in [1.54, 1.807) is 0 Å². The molecule has 2 rings (SSSR count). The predicted molar refractivity (Wildman–Crippen MR) is 62.9 cm³/mol. The minimum atomic E-state index is -1.43. The summed E-state index contributed by atoms with van der Waals surface area (Å²) in [7, 11) is 0. The Morgan fingerprint density at radius 3 is 2.56 bits per heavy atom. The first-order valence-electron chi connectivity index (χ1n) is 5.82. The maximum Gasteiger partial charge on any atom is 0.194 e. The Morgan fingerprint density at radius 2 is 1.94 bits per heavy atom. The highest BCUT2D eigenvalue weighted by atomic mass is 19.2. The fraction of sp³-hybridized carbons (Fsp3) is 0.417. The Bertz CT molecular complexity index is 437. The van der Waals surface area contributed by atoms with Crippen LogP contribution in [-0.2, 0) is 6.42 Å². The largest absolute Gasteiger partial charge is 0.356 e. The second-order valence-electron chi connectivity index (χ2n) is 4.06. The lowest BCUT2D eigenvalue weighted by Crippen LogP contribution is -2.41. The van der Waals surface area contributed by atoms with Gasteiger partial charge in [0.15, 0.2) is 23.4 Å². The summed E-state index contributed by atoms with van der Waals surface area (Å²) >= 11 is 0. The Kier molecular flexibility index (Phi) is 4.07. The van der Waals surface area contributed by atoms with Crippen molar-refractivity contribution < 1.29 is 13.2 Å². The predicted octanol–water partition coefficient (Wildman–Crippen LogP) is 1.59. The zero-order chi connectivity index (χ0) is 13.0. The third-order valence-electron chi connectivity index (χ3n) is 2.65. The third kappa shape index (κ3) is 3.15. The summed E-state index contributed by atoms with van der Waals surface area (Å²) in [6, 6.07) is 2.02. The summed E-state index contributed by atoms with van der Waals surface area (Å²) in [5.74, 6) is -3.04. The number of rotatable bonds is 3. The van der Waals surface area contributed by atoms with Gasteiger partial charge in [-0.05, 0) is 30.5 Å². The SMILES string of the molecule is Fc1cc(CCNC2=NCCCN2)cc(F)c1F. The molecule has 1 aliphatic heterocycles. The smallest absolute Gasteiger partial charge is 0.194 e. The van der Waals surface area contributed by atoms with Crippen molar-refractivity contribution in [2.45, 2.75) is 12.8 Å². The van der Waals surface area contributed by atoms with Gasteiger partial charge in [-0.1, -0.05) is 0 Å². The van der Waals surface area contributed by atoms with Crippen LogP contribution >= 0.6 is 0 Å². The highest BCUT2D eigenvalue weighted by Crippen LogP contribution is 2.13. The van der Waals surface area contributed by atoms with E-state index in [2.05, 4.69) is 15.6 Å². The standard InChI is InChI=1S/C12H14F3N3/c13-9-6-8(7-10(14)11(9)15)2-5-18-12-16-3-1-4-17-12/h6-7H,1-5H2,(H2,16,17,18). The molecule has 0 aliphatic carbocycles. The molecule has 1 heterocycles. The zero-order valence-electron chi connectivity index (χ0n) is 9.77. The average molecular weight is 257 g/mol. The molecule has 1 aliphatic rings. The van der Waals surface area contributed by atoms with E-state index in [4.69, 9.17) is 0 Å². The summed E-state index contributed by atoms with van der Waals surface area (Å²) in [4.78, 5) is 4.20. The molecule has 18 heavy (non-hydrogen) atoms. The van der Waals surface area contributed by atoms with Crippen LogP contribution < -0.4 is 10.6 Å². The lowest BCUT2D eigenvalue weighted by molar-refractivity contribution is 0.445. The number of halogens is 3. The molecule has 0 bridgehead atoms. The molecule has 1 aromatic carbocycles. The number of benzene rings is 1. The lowest BCUT2D eigenvalue weighted by atomic mass is 10.1. The molecule has 98 valence electrons. The normalized spacial score (nSPS) is 14.9. The van der Waals surface area contributed by atoms with Crippen LogP contribution in [0, 0.1) is 17.5 Å². The van der Waals surface area contributed by atoms with Crippen LogP contribution in [-0.4, -0.2) is 25.6 Å². The van der Waals surface area contributed by atoms with E-state index in [1.807, 2.05) is 0 Å². The molecule has 0 radical (unpaired) electrons. The summed E-state index contributed by atoms with van der Waals surface area (Å²) in [6.07, 6.45) is 1.40. The van der Waals surface area contributed by atoms with Gasteiger partial charge in [0, 0.05) is 19.6 Å². The maximum absolute atomic E-state index is 13.0. The van der Waals surface area contributed by atoms with Gasteiger partial charge in [0.25, 0.3) is 0 Å². The monoisotopic (exact) mass is 257 g/mol. The van der Waals surface area contributed by atoms with Crippen LogP contribution in [0.4, 0.5) is 13.2 Å². The van der Waals surface area contributed by atoms with Gasteiger partial charge < -0.3 is 10.6 Å². The fourth-order valence-electron chi connectivity index (χ4n) is 1.73. The summed E-state index contributed by atoms with van der Waals surface area (Å²) in [6.45, 7) is 2.12. The Balaban J connectivity index is 1.88. The Hall–Kier alpha value is -1.72. The number of hydrogen-bond acceptors (Lipinski definition) is 3. The van der Waals surface area contributed by atoms with Gasteiger partial charge >= 0.3 is 0 Å². The molecule has 0 atom stereocenters. The molecule has 0 fully saturated rings. The van der Waals surface area contributed by atoms with Crippen LogP contribution in [0.2, 0.25) is 0 Å². The van der Waals surface area contributed by atoms with Crippen molar-refractivity contribution in [3.05, 3.63) is 35.1 Å². The van der Waals surface area contributed by atoms with Crippen molar-refractivity contribution >= 4 is 5.96 Å². The summed E-state index contributed by atoms with van der Waals surface area (Å²) in [5, 5.41) is 6.09. The van der Waals surface area contributed by atoms with Crippen molar-refractivity contribution in [3.63, 3.8) is 0 Å². The highest BCUT2D eigenvalue weighted by Gasteiger charge is 2.10. The zero-order valence-corrected chi connectivity index (χ0v) is 9.77. The van der Waals surface area contributed by atoms with Crippen LogP contribution in [0.1, 0.15) is 12.0 Å². The second kappa shape index (κ2) is 5.75. The Morgan fingerprint density at radius 1 is 1.22 bits per heavy atom.